The molecule has 1 N–H and O–H groups in total. The number of hydrogen-bond acceptors (Lipinski definition) is 4. The lowest BCUT2D eigenvalue weighted by atomic mass is 10.0. The molecule has 0 heterocycles. The van der Waals surface area contributed by atoms with Crippen LogP contribution in [0.15, 0.2) is 91.0 Å². The molecule has 31 heavy (non-hydrogen) atoms. The molecule has 0 bridgehead atoms. The van der Waals surface area contributed by atoms with Gasteiger partial charge in [-0.05, 0) is 50.2 Å². The van der Waals surface area contributed by atoms with E-state index >= 15 is 0 Å². The fourth-order valence-electron chi connectivity index (χ4n) is 3.33. The molecular weight excluding hydrogens is 388 g/mol. The van der Waals surface area contributed by atoms with Crippen LogP contribution in [-0.4, -0.2) is 5.11 Å². The second-order valence-electron chi connectivity index (χ2n) is 7.17. The fraction of sp³-hybridized carbons (Fsp3) is 0.111. The second-order valence-corrected chi connectivity index (χ2v) is 7.17. The lowest BCUT2D eigenvalue weighted by Gasteiger charge is -2.21. The highest BCUT2D eigenvalue weighted by Gasteiger charge is 2.23. The van der Waals surface area contributed by atoms with Gasteiger partial charge in [0.1, 0.15) is 29.6 Å². The number of aromatic hydroxyl groups is 1. The van der Waals surface area contributed by atoms with Gasteiger partial charge in [-0.25, -0.2) is 0 Å². The Morgan fingerprint density at radius 2 is 1.03 bits per heavy atom. The number of rotatable bonds is 7. The largest absolute Gasteiger partial charge is 0.504 e. The summed E-state index contributed by atoms with van der Waals surface area (Å²) in [6.07, 6.45) is 0. The first kappa shape index (κ1) is 20.4. The van der Waals surface area contributed by atoms with E-state index in [9.17, 15) is 5.11 Å². The molecule has 4 aromatic rings. The Morgan fingerprint density at radius 3 is 1.55 bits per heavy atom. The van der Waals surface area contributed by atoms with Crippen LogP contribution >= 0.6 is 0 Å². The molecule has 0 fully saturated rings. The normalized spacial score (nSPS) is 10.5. The standard InChI is InChI=1S/C27H24O4/c1-19-24(18-29-21-12-6-3-7-13-21)27(31-23-16-10-5-11-17-23)25(28)20(2)26(19)30-22-14-8-4-9-15-22/h3-17,28H,18H2,1-2H3. The zero-order chi connectivity index (χ0) is 21.6. The number of phenols is 1. The van der Waals surface area contributed by atoms with Gasteiger partial charge in [-0.1, -0.05) is 54.6 Å². The van der Waals surface area contributed by atoms with Crippen LogP contribution in [0.25, 0.3) is 0 Å². The van der Waals surface area contributed by atoms with Gasteiger partial charge in [0.15, 0.2) is 11.5 Å². The van der Waals surface area contributed by atoms with Crippen molar-refractivity contribution in [2.75, 3.05) is 0 Å². The van der Waals surface area contributed by atoms with E-state index in [4.69, 9.17) is 14.2 Å². The molecule has 0 spiro atoms. The molecule has 0 aliphatic heterocycles. The first-order chi connectivity index (χ1) is 15.1. The van der Waals surface area contributed by atoms with E-state index < -0.39 is 0 Å². The smallest absolute Gasteiger partial charge is 0.176 e. The van der Waals surface area contributed by atoms with Gasteiger partial charge in [-0.2, -0.15) is 0 Å². The highest BCUT2D eigenvalue weighted by atomic mass is 16.5. The number of hydrogen-bond donors (Lipinski definition) is 1. The summed E-state index contributed by atoms with van der Waals surface area (Å²) in [4.78, 5) is 0. The van der Waals surface area contributed by atoms with E-state index in [1.165, 1.54) is 0 Å². The molecule has 0 saturated carbocycles. The van der Waals surface area contributed by atoms with Gasteiger partial charge in [0, 0.05) is 16.7 Å². The summed E-state index contributed by atoms with van der Waals surface area (Å²) >= 11 is 0. The molecule has 0 radical (unpaired) electrons. The van der Waals surface area contributed by atoms with Crippen molar-refractivity contribution < 1.29 is 19.3 Å². The van der Waals surface area contributed by atoms with Gasteiger partial charge in [0.25, 0.3) is 0 Å². The van der Waals surface area contributed by atoms with Crippen LogP contribution in [0.2, 0.25) is 0 Å². The predicted octanol–water partition coefficient (Wildman–Crippen LogP) is 7.17. The highest BCUT2D eigenvalue weighted by molar-refractivity contribution is 5.63. The Balaban J connectivity index is 1.76. The molecule has 4 nitrogen and oxygen atoms in total. The van der Waals surface area contributed by atoms with Gasteiger partial charge in [-0.15, -0.1) is 0 Å². The Morgan fingerprint density at radius 1 is 0.581 bits per heavy atom. The molecule has 156 valence electrons. The van der Waals surface area contributed by atoms with Gasteiger partial charge < -0.3 is 19.3 Å². The Labute approximate surface area is 182 Å². The van der Waals surface area contributed by atoms with Crippen molar-refractivity contribution in [1.29, 1.82) is 0 Å². The van der Waals surface area contributed by atoms with Crippen molar-refractivity contribution in [1.82, 2.24) is 0 Å². The van der Waals surface area contributed by atoms with Gasteiger partial charge in [0.05, 0.1) is 0 Å². The molecule has 0 amide bonds. The van der Waals surface area contributed by atoms with E-state index in [-0.39, 0.29) is 12.4 Å². The van der Waals surface area contributed by atoms with Gasteiger partial charge >= 0.3 is 0 Å². The van der Waals surface area contributed by atoms with Crippen LogP contribution in [0.1, 0.15) is 16.7 Å². The summed E-state index contributed by atoms with van der Waals surface area (Å²) in [6.45, 7) is 3.99. The number of phenolic OH excluding ortho intramolecular Hbond substituents is 1. The Kier molecular flexibility index (Phi) is 6.08. The van der Waals surface area contributed by atoms with Gasteiger partial charge in [-0.3, -0.25) is 0 Å². The summed E-state index contributed by atoms with van der Waals surface area (Å²) in [5, 5.41) is 11.1. The van der Waals surface area contributed by atoms with Crippen molar-refractivity contribution in [2.24, 2.45) is 0 Å². The maximum atomic E-state index is 11.1. The van der Waals surface area contributed by atoms with Crippen molar-refractivity contribution >= 4 is 0 Å². The van der Waals surface area contributed by atoms with E-state index in [0.717, 1.165) is 16.9 Å². The quantitative estimate of drug-likeness (QED) is 0.349. The summed E-state index contributed by atoms with van der Waals surface area (Å²) in [5.41, 5.74) is 2.18. The third kappa shape index (κ3) is 4.64. The summed E-state index contributed by atoms with van der Waals surface area (Å²) in [7, 11) is 0. The molecule has 4 aromatic carbocycles. The maximum Gasteiger partial charge on any atom is 0.176 e. The van der Waals surface area contributed by atoms with E-state index in [1.54, 1.807) is 0 Å². The monoisotopic (exact) mass is 412 g/mol. The SMILES string of the molecule is Cc1c(O)c(Oc2ccccc2)c(COc2ccccc2)c(C)c1Oc1ccccc1. The minimum absolute atomic E-state index is 0.0343. The average Bonchev–Trinajstić information content (AvgIpc) is 2.82. The molecule has 4 heteroatoms. The average molecular weight is 412 g/mol. The van der Waals surface area contributed by atoms with Crippen molar-refractivity contribution in [2.45, 2.75) is 20.5 Å². The van der Waals surface area contributed by atoms with Crippen LogP contribution < -0.4 is 14.2 Å². The number of para-hydroxylation sites is 3. The molecule has 0 unspecified atom stereocenters. The van der Waals surface area contributed by atoms with Crippen molar-refractivity contribution in [3.63, 3.8) is 0 Å². The highest BCUT2D eigenvalue weighted by Crippen LogP contribution is 2.46. The van der Waals surface area contributed by atoms with Crippen LogP contribution in [0.4, 0.5) is 0 Å². The van der Waals surface area contributed by atoms with Gasteiger partial charge in [0.2, 0.25) is 0 Å². The molecule has 0 atom stereocenters. The number of benzene rings is 4. The second kappa shape index (κ2) is 9.26. The maximum absolute atomic E-state index is 11.1. The lowest BCUT2D eigenvalue weighted by molar-refractivity contribution is 0.295. The molecule has 0 aromatic heterocycles. The molecule has 0 aliphatic rings. The van der Waals surface area contributed by atoms with Crippen LogP contribution in [-0.2, 0) is 6.61 Å². The lowest BCUT2D eigenvalue weighted by Crippen LogP contribution is -2.05. The van der Waals surface area contributed by atoms with Crippen molar-refractivity contribution in [3.05, 3.63) is 108 Å². The van der Waals surface area contributed by atoms with E-state index in [0.29, 0.717) is 28.6 Å². The minimum atomic E-state index is 0.0343. The van der Waals surface area contributed by atoms with Crippen LogP contribution in [0, 0.1) is 13.8 Å². The first-order valence-corrected chi connectivity index (χ1v) is 10.1. The fourth-order valence-corrected chi connectivity index (χ4v) is 3.33. The first-order valence-electron chi connectivity index (χ1n) is 10.1. The third-order valence-corrected chi connectivity index (χ3v) is 5.03. The minimum Gasteiger partial charge on any atom is -0.504 e. The van der Waals surface area contributed by atoms with Crippen molar-refractivity contribution in [3.8, 4) is 34.5 Å². The summed E-state index contributed by atoms with van der Waals surface area (Å²) < 4.78 is 18.3. The molecular formula is C27H24O4. The van der Waals surface area contributed by atoms with Crippen LogP contribution in [0.5, 0.6) is 34.5 Å². The molecule has 0 saturated heterocycles. The van der Waals surface area contributed by atoms with Crippen LogP contribution in [0.3, 0.4) is 0 Å². The number of ether oxygens (including phenoxy) is 3. The predicted molar refractivity (Wildman–Crippen MR) is 121 cm³/mol. The molecule has 0 aliphatic carbocycles. The molecule has 4 rings (SSSR count). The zero-order valence-electron chi connectivity index (χ0n) is 17.5. The Hall–Kier alpha value is -3.92. The topological polar surface area (TPSA) is 47.9 Å². The Bertz CT molecular complexity index is 1140. The third-order valence-electron chi connectivity index (χ3n) is 5.03. The van der Waals surface area contributed by atoms with E-state index in [2.05, 4.69) is 0 Å². The zero-order valence-corrected chi connectivity index (χ0v) is 17.5. The summed E-state index contributed by atoms with van der Waals surface area (Å²) in [5.74, 6) is 3.06. The summed E-state index contributed by atoms with van der Waals surface area (Å²) in [6, 6.07) is 28.4. The van der Waals surface area contributed by atoms with E-state index in [1.807, 2.05) is 105 Å².